The minimum Gasteiger partial charge on any atom is -0.337 e. The zero-order valence-corrected chi connectivity index (χ0v) is 17.6. The molecule has 168 valence electrons. The first-order chi connectivity index (χ1) is 14.7. The Kier molecular flexibility index (Phi) is 9.01. The molecule has 2 rings (SSSR count). The molecule has 4 amide bonds. The maximum absolute atomic E-state index is 13.0. The number of thiophene rings is 1. The topological polar surface area (TPSA) is 90.5 Å². The number of imide groups is 1. The van der Waals surface area contributed by atoms with Crippen LogP contribution in [0.4, 0.5) is 23.7 Å². The molecule has 0 aliphatic rings. The van der Waals surface area contributed by atoms with Crippen LogP contribution >= 0.6 is 11.3 Å². The Morgan fingerprint density at radius 2 is 1.74 bits per heavy atom. The number of halogens is 3. The first-order valence-electron chi connectivity index (χ1n) is 9.47. The molecule has 0 saturated carbocycles. The van der Waals surface area contributed by atoms with Crippen LogP contribution in [0.15, 0.2) is 41.8 Å². The molecule has 0 saturated heterocycles. The molecule has 0 spiro atoms. The number of carbonyl (C=O) groups excluding carboxylic acids is 3. The smallest absolute Gasteiger partial charge is 0.337 e. The molecule has 1 aromatic carbocycles. The SMILES string of the molecule is CCN(CC(=O)NC(=O)NCCc1cccs1)CC(=O)Nc1ccccc1C(F)(F)F. The van der Waals surface area contributed by atoms with Crippen LogP contribution in [0.2, 0.25) is 0 Å². The van der Waals surface area contributed by atoms with E-state index in [1.165, 1.54) is 17.0 Å². The summed E-state index contributed by atoms with van der Waals surface area (Å²) < 4.78 is 39.1. The molecule has 2 aromatic rings. The number of rotatable bonds is 9. The van der Waals surface area contributed by atoms with Gasteiger partial charge < -0.3 is 10.6 Å². The summed E-state index contributed by atoms with van der Waals surface area (Å²) in [5.41, 5.74) is -1.31. The average molecular weight is 456 g/mol. The fourth-order valence-electron chi connectivity index (χ4n) is 2.68. The van der Waals surface area contributed by atoms with E-state index in [4.69, 9.17) is 0 Å². The highest BCUT2D eigenvalue weighted by Crippen LogP contribution is 2.34. The number of likely N-dealkylation sites (N-methyl/N-ethyl adjacent to an activating group) is 1. The van der Waals surface area contributed by atoms with Crippen molar-refractivity contribution in [2.75, 3.05) is 31.5 Å². The number of nitrogens with zero attached hydrogens (tertiary/aromatic N) is 1. The average Bonchev–Trinajstić information content (AvgIpc) is 3.20. The molecule has 31 heavy (non-hydrogen) atoms. The summed E-state index contributed by atoms with van der Waals surface area (Å²) in [6.07, 6.45) is -3.97. The van der Waals surface area contributed by atoms with Crippen molar-refractivity contribution < 1.29 is 27.6 Å². The largest absolute Gasteiger partial charge is 0.418 e. The molecule has 0 aliphatic carbocycles. The van der Waals surface area contributed by atoms with Crippen molar-refractivity contribution in [3.05, 3.63) is 52.2 Å². The van der Waals surface area contributed by atoms with Crippen molar-refractivity contribution in [1.29, 1.82) is 0 Å². The highest BCUT2D eigenvalue weighted by molar-refractivity contribution is 7.09. The number of amides is 4. The number of carbonyl (C=O) groups is 3. The van der Waals surface area contributed by atoms with E-state index >= 15 is 0 Å². The van der Waals surface area contributed by atoms with Crippen molar-refractivity contribution in [2.24, 2.45) is 0 Å². The summed E-state index contributed by atoms with van der Waals surface area (Å²) in [5.74, 6) is -1.33. The van der Waals surface area contributed by atoms with Gasteiger partial charge in [-0.25, -0.2) is 4.79 Å². The van der Waals surface area contributed by atoms with Gasteiger partial charge in [0, 0.05) is 11.4 Å². The zero-order valence-electron chi connectivity index (χ0n) is 16.8. The van der Waals surface area contributed by atoms with Gasteiger partial charge >= 0.3 is 12.2 Å². The van der Waals surface area contributed by atoms with Crippen LogP contribution in [0.25, 0.3) is 0 Å². The Hall–Kier alpha value is -2.92. The van der Waals surface area contributed by atoms with Crippen molar-refractivity contribution in [1.82, 2.24) is 15.5 Å². The third-order valence-corrected chi connectivity index (χ3v) is 5.11. The Bertz CT molecular complexity index is 888. The van der Waals surface area contributed by atoms with E-state index < -0.39 is 29.6 Å². The molecule has 11 heteroatoms. The van der Waals surface area contributed by atoms with Gasteiger partial charge in [0.15, 0.2) is 0 Å². The number of hydrogen-bond acceptors (Lipinski definition) is 5. The van der Waals surface area contributed by atoms with Gasteiger partial charge in [-0.3, -0.25) is 19.8 Å². The maximum atomic E-state index is 13.0. The summed E-state index contributed by atoms with van der Waals surface area (Å²) in [7, 11) is 0. The summed E-state index contributed by atoms with van der Waals surface area (Å²) in [6.45, 7) is 1.75. The van der Waals surface area contributed by atoms with Gasteiger partial charge in [0.25, 0.3) is 0 Å². The quantitative estimate of drug-likeness (QED) is 0.541. The van der Waals surface area contributed by atoms with E-state index in [1.807, 2.05) is 17.5 Å². The Morgan fingerprint density at radius 3 is 2.39 bits per heavy atom. The molecule has 1 heterocycles. The lowest BCUT2D eigenvalue weighted by Gasteiger charge is -2.20. The van der Waals surface area contributed by atoms with E-state index in [9.17, 15) is 27.6 Å². The van der Waals surface area contributed by atoms with Crippen LogP contribution in [0.3, 0.4) is 0 Å². The lowest BCUT2D eigenvalue weighted by molar-refractivity contribution is -0.137. The second kappa shape index (κ2) is 11.5. The minimum atomic E-state index is -4.61. The number of para-hydroxylation sites is 1. The van der Waals surface area contributed by atoms with Gasteiger partial charge in [0.1, 0.15) is 0 Å². The molecule has 0 unspecified atom stereocenters. The van der Waals surface area contributed by atoms with Gasteiger partial charge in [0.2, 0.25) is 11.8 Å². The third kappa shape index (κ3) is 8.38. The Labute approximate surface area is 181 Å². The predicted octanol–water partition coefficient (Wildman–Crippen LogP) is 3.10. The van der Waals surface area contributed by atoms with Crippen LogP contribution < -0.4 is 16.0 Å². The van der Waals surface area contributed by atoms with Crippen molar-refractivity contribution >= 4 is 34.9 Å². The van der Waals surface area contributed by atoms with Crippen LogP contribution in [0.5, 0.6) is 0 Å². The molecule has 1 aromatic heterocycles. The number of hydrogen-bond donors (Lipinski definition) is 3. The molecular formula is C20H23F3N4O3S. The lowest BCUT2D eigenvalue weighted by Crippen LogP contribution is -2.46. The van der Waals surface area contributed by atoms with Crippen LogP contribution in [-0.2, 0) is 22.2 Å². The van der Waals surface area contributed by atoms with Gasteiger partial charge in [-0.05, 0) is 36.5 Å². The normalized spacial score (nSPS) is 11.3. The van der Waals surface area contributed by atoms with Crippen LogP contribution in [-0.4, -0.2) is 48.9 Å². The summed E-state index contributed by atoms with van der Waals surface area (Å²) in [5, 5.41) is 8.89. The molecule has 0 aliphatic heterocycles. The van der Waals surface area contributed by atoms with Gasteiger partial charge in [-0.1, -0.05) is 25.1 Å². The second-order valence-corrected chi connectivity index (χ2v) is 7.56. The number of alkyl halides is 3. The molecule has 7 nitrogen and oxygen atoms in total. The first kappa shape index (κ1) is 24.4. The first-order valence-corrected chi connectivity index (χ1v) is 10.4. The molecule has 0 atom stereocenters. The second-order valence-electron chi connectivity index (χ2n) is 6.53. The lowest BCUT2D eigenvalue weighted by atomic mass is 10.1. The fourth-order valence-corrected chi connectivity index (χ4v) is 3.39. The van der Waals surface area contributed by atoms with E-state index in [-0.39, 0.29) is 25.3 Å². The van der Waals surface area contributed by atoms with Crippen LogP contribution in [0.1, 0.15) is 17.4 Å². The fraction of sp³-hybridized carbons (Fsp3) is 0.350. The van der Waals surface area contributed by atoms with Crippen molar-refractivity contribution in [2.45, 2.75) is 19.5 Å². The van der Waals surface area contributed by atoms with Gasteiger partial charge in [-0.2, -0.15) is 13.2 Å². The van der Waals surface area contributed by atoms with Crippen LogP contribution in [0, 0.1) is 0 Å². The Balaban J connectivity index is 1.79. The standard InChI is InChI=1S/C20H23F3N4O3S/c1-2-27(12-17(28)25-16-8-4-3-7-15(16)20(21,22)23)13-18(29)26-19(30)24-10-9-14-6-5-11-31-14/h3-8,11H,2,9-10,12-13H2,1H3,(H,25,28)(H2,24,26,29,30). The monoisotopic (exact) mass is 456 g/mol. The molecular weight excluding hydrogens is 433 g/mol. The summed E-state index contributed by atoms with van der Waals surface area (Å²) in [4.78, 5) is 38.5. The van der Waals surface area contributed by atoms with Gasteiger partial charge in [0.05, 0.1) is 24.3 Å². The highest BCUT2D eigenvalue weighted by Gasteiger charge is 2.33. The minimum absolute atomic E-state index is 0.261. The maximum Gasteiger partial charge on any atom is 0.418 e. The summed E-state index contributed by atoms with van der Waals surface area (Å²) in [6, 6.07) is 7.83. The third-order valence-electron chi connectivity index (χ3n) is 4.18. The van der Waals surface area contributed by atoms with E-state index in [1.54, 1.807) is 18.3 Å². The summed E-state index contributed by atoms with van der Waals surface area (Å²) >= 11 is 1.56. The predicted molar refractivity (Wildman–Crippen MR) is 112 cm³/mol. The number of anilines is 1. The molecule has 0 radical (unpaired) electrons. The number of urea groups is 1. The Morgan fingerprint density at radius 1 is 1.03 bits per heavy atom. The highest BCUT2D eigenvalue weighted by atomic mass is 32.1. The van der Waals surface area contributed by atoms with E-state index in [2.05, 4.69) is 16.0 Å². The van der Waals surface area contributed by atoms with E-state index in [0.717, 1.165) is 17.0 Å². The number of benzene rings is 1. The van der Waals surface area contributed by atoms with Crippen molar-refractivity contribution in [3.63, 3.8) is 0 Å². The molecule has 3 N–H and O–H groups in total. The molecule has 0 bridgehead atoms. The molecule has 0 fully saturated rings. The van der Waals surface area contributed by atoms with Crippen molar-refractivity contribution in [3.8, 4) is 0 Å². The van der Waals surface area contributed by atoms with E-state index in [0.29, 0.717) is 13.0 Å². The number of nitrogens with one attached hydrogen (secondary N) is 3. The zero-order chi connectivity index (χ0) is 22.9. The van der Waals surface area contributed by atoms with Gasteiger partial charge in [-0.15, -0.1) is 11.3 Å².